The van der Waals surface area contributed by atoms with E-state index in [1.54, 1.807) is 0 Å². The van der Waals surface area contributed by atoms with E-state index in [4.69, 9.17) is 0 Å². The van der Waals surface area contributed by atoms with Gasteiger partial charge in [0.05, 0.1) is 0 Å². The monoisotopic (exact) mass is 263 g/mol. The van der Waals surface area contributed by atoms with Gasteiger partial charge >= 0.3 is 0 Å². The summed E-state index contributed by atoms with van der Waals surface area (Å²) in [7, 11) is 2.37. The Morgan fingerprint density at radius 3 is 2.37 bits per heavy atom. The highest BCUT2D eigenvalue weighted by Gasteiger charge is 2.41. The van der Waals surface area contributed by atoms with Crippen molar-refractivity contribution < 1.29 is 0 Å². The third-order valence-corrected chi connectivity index (χ3v) is 6.26. The first-order chi connectivity index (χ1) is 9.31. The molecule has 3 saturated heterocycles. The molecule has 1 N–H and O–H groups in total. The van der Waals surface area contributed by atoms with Crippen molar-refractivity contribution in [3.8, 4) is 0 Å². The van der Waals surface area contributed by atoms with E-state index in [2.05, 4.69) is 22.2 Å². The minimum absolute atomic E-state index is 0.813. The standard InChI is InChI=1S/C16H29N3/c1-18-13-3-2-4-14(18)10-15(9-13)19-8-7-17-16(11-19)12-5-6-12/h12-17H,2-11H2,1H3. The second-order valence-electron chi connectivity index (χ2n) is 7.42. The van der Waals surface area contributed by atoms with Gasteiger partial charge in [-0.3, -0.25) is 4.90 Å². The van der Waals surface area contributed by atoms with E-state index in [1.807, 2.05) is 0 Å². The van der Waals surface area contributed by atoms with Crippen LogP contribution in [0.5, 0.6) is 0 Å². The quantitative estimate of drug-likeness (QED) is 0.818. The molecular weight excluding hydrogens is 234 g/mol. The number of hydrogen-bond acceptors (Lipinski definition) is 3. The van der Waals surface area contributed by atoms with Crippen LogP contribution in [0.1, 0.15) is 44.9 Å². The Bertz CT molecular complexity index is 314. The number of piperidine rings is 2. The van der Waals surface area contributed by atoms with Gasteiger partial charge in [-0.05, 0) is 51.5 Å². The Morgan fingerprint density at radius 1 is 0.947 bits per heavy atom. The number of piperazine rings is 1. The van der Waals surface area contributed by atoms with Crippen molar-refractivity contribution in [1.29, 1.82) is 0 Å². The lowest BCUT2D eigenvalue weighted by molar-refractivity contribution is -0.000601. The predicted molar refractivity (Wildman–Crippen MR) is 78.3 cm³/mol. The molecule has 4 aliphatic rings. The van der Waals surface area contributed by atoms with Crippen LogP contribution in [-0.4, -0.2) is 60.6 Å². The van der Waals surface area contributed by atoms with Crippen LogP contribution >= 0.6 is 0 Å². The van der Waals surface area contributed by atoms with Gasteiger partial charge in [0.1, 0.15) is 0 Å². The Balaban J connectivity index is 1.41. The normalized spacial score (nSPS) is 45.3. The summed E-state index contributed by atoms with van der Waals surface area (Å²) in [6.45, 7) is 3.85. The second kappa shape index (κ2) is 5.01. The third kappa shape index (κ3) is 2.45. The number of rotatable bonds is 2. The maximum atomic E-state index is 3.76. The Hall–Kier alpha value is -0.120. The van der Waals surface area contributed by atoms with E-state index in [0.29, 0.717) is 0 Å². The van der Waals surface area contributed by atoms with Crippen molar-refractivity contribution in [3.05, 3.63) is 0 Å². The zero-order chi connectivity index (χ0) is 12.8. The highest BCUT2D eigenvalue weighted by molar-refractivity contribution is 4.98. The number of nitrogens with zero attached hydrogens (tertiary/aromatic N) is 2. The summed E-state index contributed by atoms with van der Waals surface area (Å²) in [5, 5.41) is 3.76. The largest absolute Gasteiger partial charge is 0.311 e. The number of fused-ring (bicyclic) bond motifs is 2. The lowest BCUT2D eigenvalue weighted by Gasteiger charge is -2.51. The predicted octanol–water partition coefficient (Wildman–Crippen LogP) is 1.69. The molecular formula is C16H29N3. The molecule has 4 rings (SSSR count). The van der Waals surface area contributed by atoms with E-state index < -0.39 is 0 Å². The van der Waals surface area contributed by atoms with Gasteiger partial charge in [0, 0.05) is 43.8 Å². The van der Waals surface area contributed by atoms with Crippen molar-refractivity contribution in [2.75, 3.05) is 26.7 Å². The third-order valence-electron chi connectivity index (χ3n) is 6.26. The zero-order valence-electron chi connectivity index (χ0n) is 12.4. The Kier molecular flexibility index (Phi) is 3.33. The fourth-order valence-corrected chi connectivity index (χ4v) is 4.83. The van der Waals surface area contributed by atoms with Crippen molar-refractivity contribution in [3.63, 3.8) is 0 Å². The second-order valence-corrected chi connectivity index (χ2v) is 7.42. The van der Waals surface area contributed by atoms with Crippen LogP contribution in [0.25, 0.3) is 0 Å². The van der Waals surface area contributed by atoms with Crippen molar-refractivity contribution >= 4 is 0 Å². The lowest BCUT2D eigenvalue weighted by atomic mass is 9.81. The molecule has 0 aromatic carbocycles. The molecule has 3 atom stereocenters. The van der Waals surface area contributed by atoms with Crippen LogP contribution in [0.2, 0.25) is 0 Å². The average Bonchev–Trinajstić information content (AvgIpc) is 3.23. The van der Waals surface area contributed by atoms with Crippen molar-refractivity contribution in [2.24, 2.45) is 5.92 Å². The van der Waals surface area contributed by atoms with Crippen LogP contribution in [0.3, 0.4) is 0 Å². The zero-order valence-corrected chi connectivity index (χ0v) is 12.4. The fourth-order valence-electron chi connectivity index (χ4n) is 4.83. The molecule has 3 heterocycles. The van der Waals surface area contributed by atoms with Gasteiger partial charge in [-0.2, -0.15) is 0 Å². The molecule has 1 aliphatic carbocycles. The SMILES string of the molecule is CN1C2CCCC1CC(N1CCNC(C3CC3)C1)C2. The summed E-state index contributed by atoms with van der Waals surface area (Å²) in [5.74, 6) is 1.01. The summed E-state index contributed by atoms with van der Waals surface area (Å²) < 4.78 is 0. The summed E-state index contributed by atoms with van der Waals surface area (Å²) in [6, 6.07) is 3.46. The first-order valence-electron chi connectivity index (χ1n) is 8.50. The molecule has 3 aliphatic heterocycles. The molecule has 0 aromatic heterocycles. The van der Waals surface area contributed by atoms with Gasteiger partial charge < -0.3 is 10.2 Å². The van der Waals surface area contributed by atoms with E-state index in [0.717, 1.165) is 30.1 Å². The highest BCUT2D eigenvalue weighted by atomic mass is 15.3. The Labute approximate surface area is 117 Å². The first kappa shape index (κ1) is 12.6. The molecule has 0 amide bonds. The molecule has 0 spiro atoms. The van der Waals surface area contributed by atoms with Gasteiger partial charge in [0.15, 0.2) is 0 Å². The smallest absolute Gasteiger partial charge is 0.0223 e. The van der Waals surface area contributed by atoms with E-state index in [1.165, 1.54) is 64.6 Å². The molecule has 108 valence electrons. The fraction of sp³-hybridized carbons (Fsp3) is 1.00. The van der Waals surface area contributed by atoms with Crippen LogP contribution in [0.4, 0.5) is 0 Å². The van der Waals surface area contributed by atoms with Gasteiger partial charge in [0.25, 0.3) is 0 Å². The highest BCUT2D eigenvalue weighted by Crippen LogP contribution is 2.37. The Morgan fingerprint density at radius 2 is 1.68 bits per heavy atom. The molecule has 4 fully saturated rings. The van der Waals surface area contributed by atoms with Gasteiger partial charge in [-0.1, -0.05) is 6.42 Å². The molecule has 0 radical (unpaired) electrons. The first-order valence-corrected chi connectivity index (χ1v) is 8.50. The molecule has 3 nitrogen and oxygen atoms in total. The maximum absolute atomic E-state index is 3.76. The summed E-state index contributed by atoms with van der Waals surface area (Å²) in [4.78, 5) is 5.54. The molecule has 3 heteroatoms. The van der Waals surface area contributed by atoms with E-state index >= 15 is 0 Å². The van der Waals surface area contributed by atoms with Crippen molar-refractivity contribution in [1.82, 2.24) is 15.1 Å². The van der Waals surface area contributed by atoms with Gasteiger partial charge in [-0.15, -0.1) is 0 Å². The lowest BCUT2D eigenvalue weighted by Crippen LogP contribution is -2.60. The van der Waals surface area contributed by atoms with Gasteiger partial charge in [0.2, 0.25) is 0 Å². The topological polar surface area (TPSA) is 18.5 Å². The van der Waals surface area contributed by atoms with Crippen LogP contribution in [0.15, 0.2) is 0 Å². The summed E-state index contributed by atoms with van der Waals surface area (Å²) >= 11 is 0. The van der Waals surface area contributed by atoms with E-state index in [9.17, 15) is 0 Å². The molecule has 3 unspecified atom stereocenters. The average molecular weight is 263 g/mol. The van der Waals surface area contributed by atoms with Crippen molar-refractivity contribution in [2.45, 2.75) is 69.1 Å². The minimum Gasteiger partial charge on any atom is -0.311 e. The summed E-state index contributed by atoms with van der Waals surface area (Å²) in [5.41, 5.74) is 0. The van der Waals surface area contributed by atoms with Crippen LogP contribution in [0, 0.1) is 5.92 Å². The molecule has 1 saturated carbocycles. The number of nitrogens with one attached hydrogen (secondary N) is 1. The maximum Gasteiger partial charge on any atom is 0.0223 e. The minimum atomic E-state index is 0.813. The molecule has 0 aromatic rings. The van der Waals surface area contributed by atoms with Crippen LogP contribution in [-0.2, 0) is 0 Å². The van der Waals surface area contributed by atoms with E-state index in [-0.39, 0.29) is 0 Å². The van der Waals surface area contributed by atoms with Crippen LogP contribution < -0.4 is 5.32 Å². The van der Waals surface area contributed by atoms with Gasteiger partial charge in [-0.25, -0.2) is 0 Å². The summed E-state index contributed by atoms with van der Waals surface area (Å²) in [6.07, 6.45) is 10.2. The number of hydrogen-bond donors (Lipinski definition) is 1. The molecule has 19 heavy (non-hydrogen) atoms. The molecule has 2 bridgehead atoms.